The van der Waals surface area contributed by atoms with Crippen LogP contribution in [0.15, 0.2) is 0 Å². The van der Waals surface area contributed by atoms with Crippen molar-refractivity contribution >= 4 is 11.9 Å². The van der Waals surface area contributed by atoms with Crippen molar-refractivity contribution in [3.05, 3.63) is 0 Å². The van der Waals surface area contributed by atoms with E-state index in [9.17, 15) is 9.59 Å². The van der Waals surface area contributed by atoms with Crippen molar-refractivity contribution in [2.75, 3.05) is 13.2 Å². The van der Waals surface area contributed by atoms with Crippen molar-refractivity contribution in [2.45, 2.75) is 37.6 Å². The molecule has 2 rings (SSSR count). The molecule has 0 radical (unpaired) electrons. The smallest absolute Gasteiger partial charge is 0.329 e. The molecular formula is C11H17NO4. The molecule has 0 unspecified atom stereocenters. The Morgan fingerprint density at radius 2 is 1.94 bits per heavy atom. The van der Waals surface area contributed by atoms with E-state index in [0.29, 0.717) is 38.4 Å². The van der Waals surface area contributed by atoms with Crippen LogP contribution in [-0.4, -0.2) is 35.7 Å². The van der Waals surface area contributed by atoms with Crippen molar-refractivity contribution in [3.8, 4) is 0 Å². The third-order valence-corrected chi connectivity index (χ3v) is 3.35. The zero-order valence-electron chi connectivity index (χ0n) is 9.20. The molecule has 90 valence electrons. The molecule has 2 fully saturated rings. The lowest BCUT2D eigenvalue weighted by atomic mass is 9.96. The Balaban J connectivity index is 1.78. The monoisotopic (exact) mass is 227 g/mol. The van der Waals surface area contributed by atoms with Crippen molar-refractivity contribution in [1.29, 1.82) is 0 Å². The number of carbonyl (C=O) groups excluding carboxylic acids is 1. The van der Waals surface area contributed by atoms with Crippen LogP contribution in [0.5, 0.6) is 0 Å². The van der Waals surface area contributed by atoms with Gasteiger partial charge in [-0.25, -0.2) is 4.79 Å². The summed E-state index contributed by atoms with van der Waals surface area (Å²) >= 11 is 0. The summed E-state index contributed by atoms with van der Waals surface area (Å²) < 4.78 is 5.21. The summed E-state index contributed by atoms with van der Waals surface area (Å²) in [4.78, 5) is 22.5. The first-order chi connectivity index (χ1) is 7.62. The van der Waals surface area contributed by atoms with Gasteiger partial charge in [-0.15, -0.1) is 0 Å². The molecular weight excluding hydrogens is 210 g/mol. The second kappa shape index (κ2) is 4.41. The normalized spacial score (nSPS) is 23.8. The number of carbonyl (C=O) groups is 2. The van der Waals surface area contributed by atoms with Gasteiger partial charge in [-0.3, -0.25) is 4.79 Å². The van der Waals surface area contributed by atoms with Gasteiger partial charge in [0.2, 0.25) is 5.91 Å². The first kappa shape index (κ1) is 11.4. The van der Waals surface area contributed by atoms with Crippen molar-refractivity contribution < 1.29 is 19.4 Å². The standard InChI is InChI=1S/C11H17NO4/c13-9(7-8-1-5-16-6-2-8)12-11(3-4-11)10(14)15/h8H,1-7H2,(H,12,13)(H,14,15). The molecule has 1 heterocycles. The molecule has 0 aromatic carbocycles. The van der Waals surface area contributed by atoms with E-state index in [2.05, 4.69) is 5.32 Å². The van der Waals surface area contributed by atoms with Crippen LogP contribution in [0.3, 0.4) is 0 Å². The van der Waals surface area contributed by atoms with Crippen LogP contribution in [-0.2, 0) is 14.3 Å². The van der Waals surface area contributed by atoms with Crippen LogP contribution >= 0.6 is 0 Å². The highest BCUT2D eigenvalue weighted by atomic mass is 16.5. The summed E-state index contributed by atoms with van der Waals surface area (Å²) in [5, 5.41) is 11.6. The zero-order valence-corrected chi connectivity index (χ0v) is 9.20. The molecule has 0 aromatic rings. The fourth-order valence-electron chi connectivity index (χ4n) is 2.05. The lowest BCUT2D eigenvalue weighted by molar-refractivity contribution is -0.143. The minimum absolute atomic E-state index is 0.133. The van der Waals surface area contributed by atoms with Gasteiger partial charge >= 0.3 is 5.97 Å². The molecule has 5 heteroatoms. The van der Waals surface area contributed by atoms with Crippen LogP contribution in [0.4, 0.5) is 0 Å². The van der Waals surface area contributed by atoms with Gasteiger partial charge in [-0.05, 0) is 31.6 Å². The Bertz CT molecular complexity index is 292. The maximum absolute atomic E-state index is 11.7. The van der Waals surface area contributed by atoms with Gasteiger partial charge in [0.05, 0.1) is 0 Å². The molecule has 0 bridgehead atoms. The molecule has 0 aromatic heterocycles. The first-order valence-electron chi connectivity index (χ1n) is 5.74. The third-order valence-electron chi connectivity index (χ3n) is 3.35. The summed E-state index contributed by atoms with van der Waals surface area (Å²) in [6, 6.07) is 0. The Labute approximate surface area is 94.2 Å². The first-order valence-corrected chi connectivity index (χ1v) is 5.74. The highest BCUT2D eigenvalue weighted by Crippen LogP contribution is 2.35. The number of amides is 1. The highest BCUT2D eigenvalue weighted by Gasteiger charge is 2.51. The number of carboxylic acid groups (broad SMARTS) is 1. The van der Waals surface area contributed by atoms with Gasteiger partial charge < -0.3 is 15.2 Å². The van der Waals surface area contributed by atoms with Crippen LogP contribution in [0, 0.1) is 5.92 Å². The molecule has 5 nitrogen and oxygen atoms in total. The van der Waals surface area contributed by atoms with E-state index in [4.69, 9.17) is 9.84 Å². The maximum Gasteiger partial charge on any atom is 0.329 e. The van der Waals surface area contributed by atoms with Gasteiger partial charge in [-0.2, -0.15) is 0 Å². The average molecular weight is 227 g/mol. The Kier molecular flexibility index (Phi) is 3.14. The highest BCUT2D eigenvalue weighted by molar-refractivity contribution is 5.89. The van der Waals surface area contributed by atoms with Crippen LogP contribution < -0.4 is 5.32 Å². The minimum Gasteiger partial charge on any atom is -0.480 e. The SMILES string of the molecule is O=C(CC1CCOCC1)NC1(C(=O)O)CC1. The van der Waals surface area contributed by atoms with Gasteiger partial charge in [0.15, 0.2) is 0 Å². The van der Waals surface area contributed by atoms with Crippen LogP contribution in [0.1, 0.15) is 32.1 Å². The number of carboxylic acids is 1. The number of hydrogen-bond donors (Lipinski definition) is 2. The lowest BCUT2D eigenvalue weighted by Crippen LogP contribution is -2.43. The average Bonchev–Trinajstić information content (AvgIpc) is 3.00. The van der Waals surface area contributed by atoms with E-state index in [-0.39, 0.29) is 5.91 Å². The molecule has 1 saturated heterocycles. The summed E-state index contributed by atoms with van der Waals surface area (Å²) in [6.45, 7) is 1.42. The summed E-state index contributed by atoms with van der Waals surface area (Å²) in [6.07, 6.45) is 3.34. The summed E-state index contributed by atoms with van der Waals surface area (Å²) in [5.41, 5.74) is -0.942. The molecule has 16 heavy (non-hydrogen) atoms. The van der Waals surface area contributed by atoms with E-state index in [1.54, 1.807) is 0 Å². The number of hydrogen-bond acceptors (Lipinski definition) is 3. The van der Waals surface area contributed by atoms with E-state index >= 15 is 0 Å². The summed E-state index contributed by atoms with van der Waals surface area (Å²) in [7, 11) is 0. The second-order valence-electron chi connectivity index (χ2n) is 4.70. The molecule has 1 aliphatic heterocycles. The second-order valence-corrected chi connectivity index (χ2v) is 4.70. The summed E-state index contributed by atoms with van der Waals surface area (Å²) in [5.74, 6) is -0.696. The third kappa shape index (κ3) is 2.52. The number of ether oxygens (including phenoxy) is 1. The van der Waals surface area contributed by atoms with Crippen molar-refractivity contribution in [3.63, 3.8) is 0 Å². The number of rotatable bonds is 4. The number of aliphatic carboxylic acids is 1. The number of nitrogens with one attached hydrogen (secondary N) is 1. The molecule has 1 saturated carbocycles. The predicted octanol–water partition coefficient (Wildman–Crippen LogP) is 0.536. The topological polar surface area (TPSA) is 75.6 Å². The predicted molar refractivity (Wildman–Crippen MR) is 55.9 cm³/mol. The fraction of sp³-hybridized carbons (Fsp3) is 0.818. The van der Waals surface area contributed by atoms with Gasteiger partial charge in [0.25, 0.3) is 0 Å². The Morgan fingerprint density at radius 1 is 1.31 bits per heavy atom. The van der Waals surface area contributed by atoms with E-state index in [0.717, 1.165) is 12.8 Å². The maximum atomic E-state index is 11.7. The van der Waals surface area contributed by atoms with E-state index in [1.165, 1.54) is 0 Å². The Morgan fingerprint density at radius 3 is 2.44 bits per heavy atom. The molecule has 1 amide bonds. The molecule has 2 aliphatic rings. The van der Waals surface area contributed by atoms with Crippen molar-refractivity contribution in [2.24, 2.45) is 5.92 Å². The van der Waals surface area contributed by atoms with E-state index < -0.39 is 11.5 Å². The van der Waals surface area contributed by atoms with Gasteiger partial charge in [0, 0.05) is 19.6 Å². The minimum atomic E-state index is -0.942. The fourth-order valence-corrected chi connectivity index (χ4v) is 2.05. The molecule has 1 aliphatic carbocycles. The molecule has 2 N–H and O–H groups in total. The largest absolute Gasteiger partial charge is 0.480 e. The zero-order chi connectivity index (χ0) is 11.6. The molecule has 0 atom stereocenters. The van der Waals surface area contributed by atoms with Crippen molar-refractivity contribution in [1.82, 2.24) is 5.32 Å². The van der Waals surface area contributed by atoms with Gasteiger partial charge in [-0.1, -0.05) is 0 Å². The van der Waals surface area contributed by atoms with Crippen LogP contribution in [0.2, 0.25) is 0 Å². The lowest BCUT2D eigenvalue weighted by Gasteiger charge is -2.22. The Hall–Kier alpha value is -1.10. The quantitative estimate of drug-likeness (QED) is 0.734. The van der Waals surface area contributed by atoms with Crippen LogP contribution in [0.25, 0.3) is 0 Å². The van der Waals surface area contributed by atoms with E-state index in [1.807, 2.05) is 0 Å². The molecule has 0 spiro atoms. The van der Waals surface area contributed by atoms with Gasteiger partial charge in [0.1, 0.15) is 5.54 Å².